The van der Waals surface area contributed by atoms with E-state index in [1.165, 1.54) is 11.1 Å². The fraction of sp³-hybridized carbons (Fsp3) is 0.500. The minimum atomic E-state index is -0.238. The molecule has 0 aliphatic carbocycles. The Balaban J connectivity index is 1.74. The van der Waals surface area contributed by atoms with Gasteiger partial charge in [0, 0.05) is 26.6 Å². The van der Waals surface area contributed by atoms with Crippen LogP contribution in [0.15, 0.2) is 24.3 Å². The van der Waals surface area contributed by atoms with E-state index in [-0.39, 0.29) is 17.9 Å². The van der Waals surface area contributed by atoms with Gasteiger partial charge in [0.25, 0.3) is 0 Å². The van der Waals surface area contributed by atoms with Gasteiger partial charge in [-0.05, 0) is 30.4 Å². The molecule has 20 heavy (non-hydrogen) atoms. The Bertz CT molecular complexity index is 541. The van der Waals surface area contributed by atoms with Crippen LogP contribution >= 0.6 is 0 Å². The second-order valence-electron chi connectivity index (χ2n) is 5.65. The molecule has 0 aromatic heterocycles. The molecule has 0 spiro atoms. The number of benzene rings is 1. The minimum absolute atomic E-state index is 0.0123. The van der Waals surface area contributed by atoms with Gasteiger partial charge in [-0.1, -0.05) is 24.3 Å². The van der Waals surface area contributed by atoms with Gasteiger partial charge in [-0.25, -0.2) is 0 Å². The van der Waals surface area contributed by atoms with E-state index in [0.29, 0.717) is 6.54 Å². The highest BCUT2D eigenvalue weighted by Gasteiger charge is 2.35. The molecule has 106 valence electrons. The molecule has 2 heterocycles. The number of likely N-dealkylation sites (tertiary alicyclic amines) is 1. The fourth-order valence-electron chi connectivity index (χ4n) is 3.29. The largest absolute Gasteiger partial charge is 0.336 e. The Hall–Kier alpha value is -1.84. The van der Waals surface area contributed by atoms with Crippen molar-refractivity contribution >= 4 is 11.8 Å². The number of hydrogen-bond donors (Lipinski definition) is 0. The zero-order chi connectivity index (χ0) is 14.1. The van der Waals surface area contributed by atoms with Gasteiger partial charge in [-0.3, -0.25) is 9.59 Å². The Labute approximate surface area is 119 Å². The van der Waals surface area contributed by atoms with E-state index >= 15 is 0 Å². The maximum absolute atomic E-state index is 12.7. The van der Waals surface area contributed by atoms with Gasteiger partial charge in [0.2, 0.25) is 11.8 Å². The zero-order valence-electron chi connectivity index (χ0n) is 11.8. The molecule has 1 saturated heterocycles. The van der Waals surface area contributed by atoms with E-state index in [0.717, 1.165) is 32.4 Å². The number of carbonyl (C=O) groups is 2. The van der Waals surface area contributed by atoms with Gasteiger partial charge in [0.1, 0.15) is 6.04 Å². The van der Waals surface area contributed by atoms with Crippen LogP contribution in [0.3, 0.4) is 0 Å². The monoisotopic (exact) mass is 272 g/mol. The first-order valence-corrected chi connectivity index (χ1v) is 7.29. The first-order valence-electron chi connectivity index (χ1n) is 7.29. The van der Waals surface area contributed by atoms with E-state index in [4.69, 9.17) is 0 Å². The molecular weight excluding hydrogens is 252 g/mol. The van der Waals surface area contributed by atoms with Crippen molar-refractivity contribution in [1.82, 2.24) is 9.80 Å². The number of hydrogen-bond acceptors (Lipinski definition) is 2. The minimum Gasteiger partial charge on any atom is -0.336 e. The molecule has 1 aromatic carbocycles. The highest BCUT2D eigenvalue weighted by molar-refractivity contribution is 5.87. The summed E-state index contributed by atoms with van der Waals surface area (Å²) in [5.41, 5.74) is 2.57. The third-order valence-electron chi connectivity index (χ3n) is 4.38. The zero-order valence-corrected chi connectivity index (χ0v) is 11.8. The van der Waals surface area contributed by atoms with E-state index in [1.807, 2.05) is 17.0 Å². The molecule has 0 N–H and O–H groups in total. The Morgan fingerprint density at radius 2 is 1.90 bits per heavy atom. The van der Waals surface area contributed by atoms with Gasteiger partial charge in [-0.15, -0.1) is 0 Å². The predicted molar refractivity (Wildman–Crippen MR) is 76.0 cm³/mol. The van der Waals surface area contributed by atoms with Crippen molar-refractivity contribution in [2.75, 3.05) is 13.1 Å². The summed E-state index contributed by atoms with van der Waals surface area (Å²) in [6.45, 7) is 3.71. The molecule has 0 saturated carbocycles. The number of carbonyl (C=O) groups excluding carboxylic acids is 2. The molecule has 0 radical (unpaired) electrons. The highest BCUT2D eigenvalue weighted by atomic mass is 16.2. The van der Waals surface area contributed by atoms with Crippen LogP contribution in [0.25, 0.3) is 0 Å². The standard InChI is InChI=1S/C16H20N2O2/c1-12(19)18-9-4-7-15(18)16(20)17-10-8-13-5-2-3-6-14(13)11-17/h2-3,5-6,15H,4,7-11H2,1H3. The topological polar surface area (TPSA) is 40.6 Å². The van der Waals surface area contributed by atoms with Gasteiger partial charge < -0.3 is 9.80 Å². The molecule has 1 fully saturated rings. The van der Waals surface area contributed by atoms with Gasteiger partial charge in [0.05, 0.1) is 0 Å². The summed E-state index contributed by atoms with van der Waals surface area (Å²) in [5.74, 6) is 0.130. The van der Waals surface area contributed by atoms with Crippen molar-refractivity contribution in [2.24, 2.45) is 0 Å². The van der Waals surface area contributed by atoms with Crippen molar-refractivity contribution in [1.29, 1.82) is 0 Å². The number of rotatable bonds is 1. The molecule has 4 heteroatoms. The fourth-order valence-corrected chi connectivity index (χ4v) is 3.29. The molecule has 1 aromatic rings. The average Bonchev–Trinajstić information content (AvgIpc) is 2.95. The molecule has 2 aliphatic heterocycles. The van der Waals surface area contributed by atoms with Crippen LogP contribution in [0.1, 0.15) is 30.9 Å². The van der Waals surface area contributed by atoms with Crippen molar-refractivity contribution in [3.05, 3.63) is 35.4 Å². The Morgan fingerprint density at radius 1 is 1.15 bits per heavy atom. The van der Waals surface area contributed by atoms with Gasteiger partial charge in [-0.2, -0.15) is 0 Å². The Morgan fingerprint density at radius 3 is 2.65 bits per heavy atom. The van der Waals surface area contributed by atoms with E-state index < -0.39 is 0 Å². The quantitative estimate of drug-likeness (QED) is 0.779. The van der Waals surface area contributed by atoms with E-state index in [1.54, 1.807) is 11.8 Å². The lowest BCUT2D eigenvalue weighted by atomic mass is 9.99. The van der Waals surface area contributed by atoms with E-state index in [9.17, 15) is 9.59 Å². The summed E-state index contributed by atoms with van der Waals surface area (Å²) in [6.07, 6.45) is 2.64. The molecule has 1 atom stereocenters. The normalized spacial score (nSPS) is 21.8. The van der Waals surface area contributed by atoms with Crippen molar-refractivity contribution in [3.63, 3.8) is 0 Å². The molecule has 3 rings (SSSR count). The van der Waals surface area contributed by atoms with Crippen LogP contribution in [0.2, 0.25) is 0 Å². The maximum atomic E-state index is 12.7. The van der Waals surface area contributed by atoms with E-state index in [2.05, 4.69) is 12.1 Å². The number of fused-ring (bicyclic) bond motifs is 1. The molecule has 2 aliphatic rings. The lowest BCUT2D eigenvalue weighted by Gasteiger charge is -2.33. The predicted octanol–water partition coefficient (Wildman–Crippen LogP) is 1.58. The van der Waals surface area contributed by atoms with Crippen LogP contribution in [0, 0.1) is 0 Å². The van der Waals surface area contributed by atoms with Crippen molar-refractivity contribution < 1.29 is 9.59 Å². The third kappa shape index (κ3) is 2.30. The average molecular weight is 272 g/mol. The van der Waals surface area contributed by atoms with Crippen LogP contribution in [0.4, 0.5) is 0 Å². The third-order valence-corrected chi connectivity index (χ3v) is 4.38. The smallest absolute Gasteiger partial charge is 0.245 e. The lowest BCUT2D eigenvalue weighted by Crippen LogP contribution is -2.48. The summed E-state index contributed by atoms with van der Waals surface area (Å²) >= 11 is 0. The SMILES string of the molecule is CC(=O)N1CCCC1C(=O)N1CCc2ccccc2C1. The summed E-state index contributed by atoms with van der Waals surface area (Å²) in [6, 6.07) is 8.05. The van der Waals surface area contributed by atoms with Crippen LogP contribution < -0.4 is 0 Å². The number of amides is 2. The van der Waals surface area contributed by atoms with Crippen molar-refractivity contribution in [2.45, 2.75) is 38.8 Å². The molecule has 0 bridgehead atoms. The van der Waals surface area contributed by atoms with Crippen LogP contribution in [0.5, 0.6) is 0 Å². The molecular formula is C16H20N2O2. The summed E-state index contributed by atoms with van der Waals surface area (Å²) in [7, 11) is 0. The molecule has 4 nitrogen and oxygen atoms in total. The Kier molecular flexibility index (Phi) is 3.47. The second-order valence-corrected chi connectivity index (χ2v) is 5.65. The van der Waals surface area contributed by atoms with Crippen LogP contribution in [-0.4, -0.2) is 40.7 Å². The first-order chi connectivity index (χ1) is 9.66. The van der Waals surface area contributed by atoms with Gasteiger partial charge in [0.15, 0.2) is 0 Å². The van der Waals surface area contributed by atoms with Crippen molar-refractivity contribution in [3.8, 4) is 0 Å². The maximum Gasteiger partial charge on any atom is 0.245 e. The number of nitrogens with zero attached hydrogens (tertiary/aromatic N) is 2. The lowest BCUT2D eigenvalue weighted by molar-refractivity contribution is -0.143. The highest BCUT2D eigenvalue weighted by Crippen LogP contribution is 2.24. The molecule has 1 unspecified atom stereocenters. The second kappa shape index (κ2) is 5.27. The summed E-state index contributed by atoms with van der Waals surface area (Å²) in [5, 5.41) is 0. The summed E-state index contributed by atoms with van der Waals surface area (Å²) < 4.78 is 0. The van der Waals surface area contributed by atoms with Gasteiger partial charge >= 0.3 is 0 Å². The first kappa shape index (κ1) is 13.2. The molecule has 2 amide bonds. The van der Waals surface area contributed by atoms with Crippen LogP contribution in [-0.2, 0) is 22.6 Å². The summed E-state index contributed by atoms with van der Waals surface area (Å²) in [4.78, 5) is 27.9.